The van der Waals surface area contributed by atoms with Gasteiger partial charge in [-0.1, -0.05) is 26.0 Å². The van der Waals surface area contributed by atoms with Gasteiger partial charge in [-0.3, -0.25) is 4.90 Å². The molecule has 1 heterocycles. The van der Waals surface area contributed by atoms with Crippen molar-refractivity contribution in [2.24, 2.45) is 0 Å². The summed E-state index contributed by atoms with van der Waals surface area (Å²) in [6.07, 6.45) is 3.51. The van der Waals surface area contributed by atoms with E-state index in [2.05, 4.69) is 42.3 Å². The zero-order valence-corrected chi connectivity index (χ0v) is 13.1. The van der Waals surface area contributed by atoms with Gasteiger partial charge in [0.25, 0.3) is 0 Å². The van der Waals surface area contributed by atoms with Crippen molar-refractivity contribution in [2.75, 3.05) is 33.3 Å². The molecule has 3 nitrogen and oxygen atoms in total. The summed E-state index contributed by atoms with van der Waals surface area (Å²) < 4.78 is 5.29. The average Bonchev–Trinajstić information content (AvgIpc) is 2.53. The molecule has 112 valence electrons. The first kappa shape index (κ1) is 15.3. The van der Waals surface area contributed by atoms with Crippen LogP contribution in [0, 0.1) is 0 Å². The van der Waals surface area contributed by atoms with Crippen LogP contribution in [0.5, 0.6) is 5.75 Å². The third-order valence-corrected chi connectivity index (χ3v) is 4.66. The molecule has 0 radical (unpaired) electrons. The fourth-order valence-corrected chi connectivity index (χ4v) is 3.07. The van der Waals surface area contributed by atoms with Crippen LogP contribution in [0.15, 0.2) is 24.3 Å². The van der Waals surface area contributed by atoms with Gasteiger partial charge in [-0.15, -0.1) is 0 Å². The molecule has 0 saturated carbocycles. The monoisotopic (exact) mass is 276 g/mol. The predicted molar refractivity (Wildman–Crippen MR) is 84.5 cm³/mol. The van der Waals surface area contributed by atoms with Gasteiger partial charge in [-0.05, 0) is 37.0 Å². The largest absolute Gasteiger partial charge is 0.497 e. The van der Waals surface area contributed by atoms with E-state index >= 15 is 0 Å². The Balaban J connectivity index is 1.90. The van der Waals surface area contributed by atoms with Crippen molar-refractivity contribution in [1.82, 2.24) is 10.2 Å². The number of methoxy groups -OCH3 is 1. The molecule has 0 unspecified atom stereocenters. The number of piperazine rings is 1. The van der Waals surface area contributed by atoms with Gasteiger partial charge in [0, 0.05) is 31.7 Å². The van der Waals surface area contributed by atoms with E-state index in [4.69, 9.17) is 4.74 Å². The molecule has 0 bridgehead atoms. The SMILES string of the molecule is CCC1(CC)CN(CCc2cccc(OC)c2)CCN1. The van der Waals surface area contributed by atoms with Crippen molar-refractivity contribution in [3.8, 4) is 5.75 Å². The Labute approximate surface area is 123 Å². The Bertz CT molecular complexity index is 415. The fourth-order valence-electron chi connectivity index (χ4n) is 3.07. The number of ether oxygens (including phenoxy) is 1. The molecular formula is C17H28N2O. The molecule has 0 atom stereocenters. The van der Waals surface area contributed by atoms with Crippen LogP contribution in [0.1, 0.15) is 32.3 Å². The lowest BCUT2D eigenvalue weighted by atomic mass is 9.90. The molecule has 0 amide bonds. The van der Waals surface area contributed by atoms with Crippen LogP contribution in [-0.4, -0.2) is 43.7 Å². The third kappa shape index (κ3) is 3.74. The first-order valence-electron chi connectivity index (χ1n) is 7.81. The van der Waals surface area contributed by atoms with Crippen molar-refractivity contribution < 1.29 is 4.74 Å². The summed E-state index contributed by atoms with van der Waals surface area (Å²) in [7, 11) is 1.73. The Morgan fingerprint density at radius 2 is 2.10 bits per heavy atom. The van der Waals surface area contributed by atoms with Gasteiger partial charge in [0.15, 0.2) is 0 Å². The van der Waals surface area contributed by atoms with E-state index in [1.54, 1.807) is 7.11 Å². The minimum atomic E-state index is 0.326. The fraction of sp³-hybridized carbons (Fsp3) is 0.647. The average molecular weight is 276 g/mol. The van der Waals surface area contributed by atoms with Gasteiger partial charge < -0.3 is 10.1 Å². The number of nitrogens with zero attached hydrogens (tertiary/aromatic N) is 1. The maximum Gasteiger partial charge on any atom is 0.119 e. The molecule has 1 saturated heterocycles. The van der Waals surface area contributed by atoms with Crippen molar-refractivity contribution in [2.45, 2.75) is 38.6 Å². The van der Waals surface area contributed by atoms with E-state index in [0.29, 0.717) is 5.54 Å². The Hall–Kier alpha value is -1.06. The third-order valence-electron chi connectivity index (χ3n) is 4.66. The van der Waals surface area contributed by atoms with Gasteiger partial charge in [0.1, 0.15) is 5.75 Å². The standard InChI is InChI=1S/C17H28N2O/c1-4-17(5-2)14-19(12-10-18-17)11-9-15-7-6-8-16(13-15)20-3/h6-8,13,18H,4-5,9-12,14H2,1-3H3. The molecule has 0 spiro atoms. The van der Waals surface area contributed by atoms with Crippen LogP contribution in [-0.2, 0) is 6.42 Å². The van der Waals surface area contributed by atoms with Crippen molar-refractivity contribution in [3.05, 3.63) is 29.8 Å². The summed E-state index contributed by atoms with van der Waals surface area (Å²) in [6, 6.07) is 8.43. The molecule has 1 fully saturated rings. The second-order valence-corrected chi connectivity index (χ2v) is 5.79. The molecule has 0 aliphatic carbocycles. The smallest absolute Gasteiger partial charge is 0.119 e. The molecule has 3 heteroatoms. The van der Waals surface area contributed by atoms with E-state index in [1.165, 1.54) is 24.9 Å². The Kier molecular flexibility index (Phi) is 5.44. The van der Waals surface area contributed by atoms with Crippen LogP contribution in [0.2, 0.25) is 0 Å². The number of rotatable bonds is 6. The van der Waals surface area contributed by atoms with Crippen LogP contribution >= 0.6 is 0 Å². The molecular weight excluding hydrogens is 248 g/mol. The van der Waals surface area contributed by atoms with Crippen molar-refractivity contribution >= 4 is 0 Å². The number of nitrogens with one attached hydrogen (secondary N) is 1. The molecule has 1 N–H and O–H groups in total. The Morgan fingerprint density at radius 1 is 1.30 bits per heavy atom. The van der Waals surface area contributed by atoms with Gasteiger partial charge >= 0.3 is 0 Å². The van der Waals surface area contributed by atoms with E-state index in [1.807, 2.05) is 6.07 Å². The van der Waals surface area contributed by atoms with E-state index in [-0.39, 0.29) is 0 Å². The summed E-state index contributed by atoms with van der Waals surface area (Å²) in [5.74, 6) is 0.958. The van der Waals surface area contributed by atoms with E-state index in [9.17, 15) is 0 Å². The lowest BCUT2D eigenvalue weighted by Crippen LogP contribution is -2.60. The maximum atomic E-state index is 5.29. The lowest BCUT2D eigenvalue weighted by molar-refractivity contribution is 0.125. The number of hydrogen-bond donors (Lipinski definition) is 1. The molecule has 1 aliphatic heterocycles. The number of hydrogen-bond acceptors (Lipinski definition) is 3. The molecule has 0 aromatic heterocycles. The second-order valence-electron chi connectivity index (χ2n) is 5.79. The van der Waals surface area contributed by atoms with Crippen molar-refractivity contribution in [3.63, 3.8) is 0 Å². The summed E-state index contributed by atoms with van der Waals surface area (Å²) in [5.41, 5.74) is 1.69. The predicted octanol–water partition coefficient (Wildman–Crippen LogP) is 2.70. The quantitative estimate of drug-likeness (QED) is 0.864. The number of benzene rings is 1. The topological polar surface area (TPSA) is 24.5 Å². The Morgan fingerprint density at radius 3 is 2.80 bits per heavy atom. The first-order chi connectivity index (χ1) is 9.71. The highest BCUT2D eigenvalue weighted by Crippen LogP contribution is 2.20. The van der Waals surface area contributed by atoms with E-state index in [0.717, 1.165) is 31.8 Å². The maximum absolute atomic E-state index is 5.29. The normalized spacial score (nSPS) is 18.9. The molecule has 1 aliphatic rings. The van der Waals surface area contributed by atoms with Crippen molar-refractivity contribution in [1.29, 1.82) is 0 Å². The minimum absolute atomic E-state index is 0.326. The summed E-state index contributed by atoms with van der Waals surface area (Å²) >= 11 is 0. The molecule has 20 heavy (non-hydrogen) atoms. The van der Waals surface area contributed by atoms with Gasteiger partial charge in [0.2, 0.25) is 0 Å². The minimum Gasteiger partial charge on any atom is -0.497 e. The lowest BCUT2D eigenvalue weighted by Gasteiger charge is -2.43. The highest BCUT2D eigenvalue weighted by Gasteiger charge is 2.31. The van der Waals surface area contributed by atoms with Crippen LogP contribution in [0.4, 0.5) is 0 Å². The second kappa shape index (κ2) is 7.09. The van der Waals surface area contributed by atoms with Gasteiger partial charge in [0.05, 0.1) is 7.11 Å². The highest BCUT2D eigenvalue weighted by atomic mass is 16.5. The first-order valence-corrected chi connectivity index (χ1v) is 7.81. The van der Waals surface area contributed by atoms with Crippen LogP contribution in [0.25, 0.3) is 0 Å². The summed E-state index contributed by atoms with van der Waals surface area (Å²) in [6.45, 7) is 9.16. The molecule has 1 aromatic carbocycles. The molecule has 1 aromatic rings. The van der Waals surface area contributed by atoms with Gasteiger partial charge in [-0.25, -0.2) is 0 Å². The zero-order valence-electron chi connectivity index (χ0n) is 13.1. The zero-order chi connectivity index (χ0) is 14.4. The molecule has 2 rings (SSSR count). The van der Waals surface area contributed by atoms with Gasteiger partial charge in [-0.2, -0.15) is 0 Å². The summed E-state index contributed by atoms with van der Waals surface area (Å²) in [4.78, 5) is 2.60. The van der Waals surface area contributed by atoms with Crippen LogP contribution in [0.3, 0.4) is 0 Å². The van der Waals surface area contributed by atoms with Crippen LogP contribution < -0.4 is 10.1 Å². The summed E-state index contributed by atoms with van der Waals surface area (Å²) in [5, 5.41) is 3.72. The highest BCUT2D eigenvalue weighted by molar-refractivity contribution is 5.28. The van der Waals surface area contributed by atoms with E-state index < -0.39 is 0 Å².